The van der Waals surface area contributed by atoms with Gasteiger partial charge in [0.05, 0.1) is 0 Å². The SMILES string of the molecule is Cc1ccc2c([c]1[Hf]([c]1c(C)ccc3c1Cc1ccccc1-3)[SiH](C)C)Cc1ccccc1-2. The molecule has 0 amide bonds. The van der Waals surface area contributed by atoms with Crippen LogP contribution in [0.25, 0.3) is 22.3 Å². The van der Waals surface area contributed by atoms with Crippen LogP contribution in [0.15, 0.2) is 72.8 Å². The van der Waals surface area contributed by atoms with E-state index in [2.05, 4.69) is 99.7 Å². The molecule has 0 unspecified atom stereocenters. The standard InChI is InChI=1S/2C14H11.C2H7Si.Hf/c2*1-10-6-7-14-12(8-10)9-11-4-2-3-5-13(11)14;1-3-2;/h2*2-7H,9H2,1H3;3H,1-2H3;. The average Bonchev–Trinajstić information content (AvgIpc) is 3.34. The van der Waals surface area contributed by atoms with E-state index in [0.717, 1.165) is 12.8 Å². The third-order valence-corrected chi connectivity index (χ3v) is 34.7. The molecule has 0 aromatic heterocycles. The molecule has 0 saturated carbocycles. The fourth-order valence-electron chi connectivity index (χ4n) is 6.11. The van der Waals surface area contributed by atoms with Gasteiger partial charge in [-0.05, 0) is 0 Å². The molecule has 2 aliphatic rings. The molecule has 157 valence electrons. The summed E-state index contributed by atoms with van der Waals surface area (Å²) >= 11 is -2.31. The van der Waals surface area contributed by atoms with Crippen molar-refractivity contribution in [3.63, 3.8) is 0 Å². The molecular formula is C30H29HfSi. The Hall–Kier alpha value is -2.03. The molecule has 0 N–H and O–H groups in total. The van der Waals surface area contributed by atoms with Crippen molar-refractivity contribution in [2.75, 3.05) is 0 Å². The Bertz CT molecular complexity index is 1280. The second-order valence-electron chi connectivity index (χ2n) is 9.80. The number of rotatable bonds is 3. The molecule has 0 radical (unpaired) electrons. The van der Waals surface area contributed by atoms with Gasteiger partial charge in [0.15, 0.2) is 0 Å². The van der Waals surface area contributed by atoms with E-state index in [4.69, 9.17) is 0 Å². The van der Waals surface area contributed by atoms with Crippen molar-refractivity contribution < 1.29 is 20.6 Å². The van der Waals surface area contributed by atoms with E-state index in [0.29, 0.717) is 0 Å². The van der Waals surface area contributed by atoms with Crippen LogP contribution in [0, 0.1) is 13.8 Å². The van der Waals surface area contributed by atoms with E-state index in [-0.39, 0.29) is 0 Å². The fourth-order valence-corrected chi connectivity index (χ4v) is 34.8. The maximum atomic E-state index is 2.64. The molecule has 2 aliphatic carbocycles. The molecule has 0 fully saturated rings. The summed E-state index contributed by atoms with van der Waals surface area (Å²) in [5.41, 5.74) is 15.5. The monoisotopic (exact) mass is 597 g/mol. The van der Waals surface area contributed by atoms with Gasteiger partial charge in [-0.25, -0.2) is 0 Å². The first-order chi connectivity index (χ1) is 15.5. The van der Waals surface area contributed by atoms with Crippen molar-refractivity contribution in [3.8, 4) is 22.3 Å². The van der Waals surface area contributed by atoms with E-state index in [1.54, 1.807) is 22.3 Å². The molecule has 0 heterocycles. The van der Waals surface area contributed by atoms with Crippen molar-refractivity contribution in [3.05, 3.63) is 106 Å². The quantitative estimate of drug-likeness (QED) is 0.220. The van der Waals surface area contributed by atoms with E-state index >= 15 is 0 Å². The van der Waals surface area contributed by atoms with Crippen LogP contribution in [0.5, 0.6) is 0 Å². The normalized spacial score (nSPS) is 13.0. The molecule has 2 heteroatoms. The van der Waals surface area contributed by atoms with Gasteiger partial charge in [-0.3, -0.25) is 0 Å². The van der Waals surface area contributed by atoms with Crippen LogP contribution in [0.2, 0.25) is 13.1 Å². The predicted octanol–water partition coefficient (Wildman–Crippen LogP) is 6.00. The topological polar surface area (TPSA) is 0 Å². The van der Waals surface area contributed by atoms with Gasteiger partial charge in [-0.1, -0.05) is 0 Å². The van der Waals surface area contributed by atoms with Crippen LogP contribution in [0.3, 0.4) is 0 Å². The van der Waals surface area contributed by atoms with Crippen LogP contribution in [-0.2, 0) is 33.4 Å². The Morgan fingerprint density at radius 2 is 1.00 bits per heavy atom. The molecule has 0 bridgehead atoms. The van der Waals surface area contributed by atoms with Gasteiger partial charge in [0.1, 0.15) is 0 Å². The van der Waals surface area contributed by atoms with Gasteiger partial charge in [0, 0.05) is 0 Å². The van der Waals surface area contributed by atoms with Gasteiger partial charge in [-0.15, -0.1) is 0 Å². The minimum absolute atomic E-state index is 0.846. The summed E-state index contributed by atoms with van der Waals surface area (Å²) in [6.45, 7) is 10.1. The van der Waals surface area contributed by atoms with Gasteiger partial charge in [-0.2, -0.15) is 0 Å². The average molecular weight is 596 g/mol. The zero-order chi connectivity index (χ0) is 22.0. The zero-order valence-corrected chi connectivity index (χ0v) is 24.2. The fraction of sp³-hybridized carbons (Fsp3) is 0.200. The molecule has 0 saturated heterocycles. The Morgan fingerprint density at radius 3 is 1.44 bits per heavy atom. The van der Waals surface area contributed by atoms with Crippen molar-refractivity contribution in [2.45, 2.75) is 39.8 Å². The first kappa shape index (κ1) is 20.6. The first-order valence-corrected chi connectivity index (χ1v) is 24.5. The first-order valence-electron chi connectivity index (χ1n) is 11.8. The van der Waals surface area contributed by atoms with E-state index < -0.39 is 26.6 Å². The van der Waals surface area contributed by atoms with Crippen LogP contribution in [-0.4, -0.2) is 5.98 Å². The van der Waals surface area contributed by atoms with E-state index in [1.165, 1.54) is 33.4 Å². The van der Waals surface area contributed by atoms with Crippen LogP contribution in [0.1, 0.15) is 33.4 Å². The number of aryl methyl sites for hydroxylation is 2. The number of hydrogen-bond acceptors (Lipinski definition) is 0. The molecule has 6 rings (SSSR count). The molecule has 0 nitrogen and oxygen atoms in total. The Balaban J connectivity index is 1.59. The van der Waals surface area contributed by atoms with Crippen molar-refractivity contribution in [2.24, 2.45) is 0 Å². The zero-order valence-electron chi connectivity index (χ0n) is 19.4. The van der Waals surface area contributed by atoms with Crippen LogP contribution in [0.4, 0.5) is 0 Å². The number of benzene rings is 4. The molecule has 0 spiro atoms. The maximum absolute atomic E-state index is 2.64. The van der Waals surface area contributed by atoms with Gasteiger partial charge >= 0.3 is 201 Å². The van der Waals surface area contributed by atoms with E-state index in [1.807, 2.05) is 6.64 Å². The Kier molecular flexibility index (Phi) is 5.00. The predicted molar refractivity (Wildman–Crippen MR) is 137 cm³/mol. The molecule has 4 aromatic rings. The number of hydrogen-bond donors (Lipinski definition) is 0. The van der Waals surface area contributed by atoms with Gasteiger partial charge < -0.3 is 0 Å². The van der Waals surface area contributed by atoms with E-state index in [9.17, 15) is 0 Å². The Morgan fingerprint density at radius 1 is 0.562 bits per heavy atom. The third-order valence-electron chi connectivity index (χ3n) is 7.51. The molecule has 0 aliphatic heterocycles. The summed E-state index contributed by atoms with van der Waals surface area (Å²) in [5.74, 6) is -0.846. The second-order valence-corrected chi connectivity index (χ2v) is 35.8. The summed E-state index contributed by atoms with van der Waals surface area (Å²) in [5, 5.41) is 0. The van der Waals surface area contributed by atoms with Gasteiger partial charge in [0.2, 0.25) is 0 Å². The molecular weight excluding hydrogens is 567 g/mol. The second kappa shape index (κ2) is 7.78. The van der Waals surface area contributed by atoms with Crippen molar-refractivity contribution in [1.29, 1.82) is 0 Å². The summed E-state index contributed by atoms with van der Waals surface area (Å²) in [7, 11) is 0. The molecule has 0 atom stereocenters. The molecule has 4 aromatic carbocycles. The third kappa shape index (κ3) is 3.03. The minimum atomic E-state index is -2.31. The Labute approximate surface area is 200 Å². The summed E-state index contributed by atoms with van der Waals surface area (Å²) in [6, 6.07) is 27.9. The van der Waals surface area contributed by atoms with Crippen molar-refractivity contribution in [1.82, 2.24) is 0 Å². The summed E-state index contributed by atoms with van der Waals surface area (Å²) in [6.07, 6.45) is 2.26. The van der Waals surface area contributed by atoms with Crippen molar-refractivity contribution >= 4 is 12.6 Å². The number of fused-ring (bicyclic) bond motifs is 6. The van der Waals surface area contributed by atoms with Gasteiger partial charge in [0.25, 0.3) is 0 Å². The summed E-state index contributed by atoms with van der Waals surface area (Å²) < 4.78 is 3.69. The van der Waals surface area contributed by atoms with Crippen LogP contribution < -0.4 is 6.64 Å². The van der Waals surface area contributed by atoms with Crippen LogP contribution >= 0.6 is 0 Å². The molecule has 32 heavy (non-hydrogen) atoms. The summed E-state index contributed by atoms with van der Waals surface area (Å²) in [4.78, 5) is 0.